The van der Waals surface area contributed by atoms with E-state index in [1.807, 2.05) is 0 Å². The summed E-state index contributed by atoms with van der Waals surface area (Å²) in [7, 11) is 0. The largest absolute Gasteiger partial charge is 0.241 e. The second-order valence-electron chi connectivity index (χ2n) is 8.23. The second-order valence-corrected chi connectivity index (χ2v) is 8.23. The minimum Gasteiger partial charge on any atom is -0.241 e. The van der Waals surface area contributed by atoms with E-state index in [0.717, 1.165) is 18.2 Å². The summed E-state index contributed by atoms with van der Waals surface area (Å²) in [6.07, 6.45) is 17.4. The van der Waals surface area contributed by atoms with Crippen molar-refractivity contribution in [2.75, 3.05) is 0 Å². The molecule has 0 amide bonds. The quantitative estimate of drug-likeness (QED) is 0.434. The topological polar surface area (TPSA) is 25.8 Å². The van der Waals surface area contributed by atoms with Gasteiger partial charge >= 0.3 is 0 Å². The highest BCUT2D eigenvalue weighted by Crippen LogP contribution is 2.37. The Hall–Kier alpha value is -1.70. The molecule has 0 radical (unpaired) electrons. The van der Waals surface area contributed by atoms with Gasteiger partial charge in [-0.15, -0.1) is 0 Å². The highest BCUT2D eigenvalue weighted by atomic mass is 14.9. The van der Waals surface area contributed by atoms with Gasteiger partial charge in [0.1, 0.15) is 5.82 Å². The molecule has 0 spiro atoms. The molecule has 1 aromatic rings. The first kappa shape index (κ1) is 20.0. The Bertz CT molecular complexity index is 786. The van der Waals surface area contributed by atoms with Gasteiger partial charge in [-0.2, -0.15) is 0 Å². The van der Waals surface area contributed by atoms with Crippen molar-refractivity contribution in [2.45, 2.75) is 90.9 Å². The Morgan fingerprint density at radius 1 is 0.889 bits per heavy atom. The molecule has 0 saturated heterocycles. The monoisotopic (exact) mass is 364 g/mol. The Labute approximate surface area is 165 Å². The van der Waals surface area contributed by atoms with Gasteiger partial charge in [0.25, 0.3) is 0 Å². The number of rotatable bonds is 7. The number of aryl methyl sites for hydroxylation is 2. The van der Waals surface area contributed by atoms with Crippen molar-refractivity contribution in [3.63, 3.8) is 0 Å². The number of benzene rings is 1. The van der Waals surface area contributed by atoms with Crippen LogP contribution in [-0.2, 0) is 12.8 Å². The van der Waals surface area contributed by atoms with Crippen LogP contribution in [0.15, 0.2) is 30.6 Å². The molecule has 0 bridgehead atoms. The zero-order valence-corrected chi connectivity index (χ0v) is 17.5. The van der Waals surface area contributed by atoms with E-state index in [4.69, 9.17) is 0 Å². The molecule has 4 rings (SSSR count). The van der Waals surface area contributed by atoms with E-state index >= 15 is 0 Å². The lowest BCUT2D eigenvalue weighted by Crippen LogP contribution is -2.14. The molecule has 3 aliphatic carbocycles. The van der Waals surface area contributed by atoms with E-state index in [0.29, 0.717) is 5.92 Å². The molecule has 0 aromatic carbocycles. The molecule has 2 nitrogen and oxygen atoms in total. The second kappa shape index (κ2) is 10.0. The Morgan fingerprint density at radius 2 is 1.63 bits per heavy atom. The lowest BCUT2D eigenvalue weighted by Gasteiger charge is -2.28. The summed E-state index contributed by atoms with van der Waals surface area (Å²) in [5.74, 6) is 2.67. The molecule has 0 N–H and O–H groups in total. The van der Waals surface area contributed by atoms with Crippen LogP contribution in [0, 0.1) is 16.4 Å². The Kier molecular flexibility index (Phi) is 7.43. The molecule has 1 saturated carbocycles. The molecule has 3 aliphatic rings. The zero-order valence-electron chi connectivity index (χ0n) is 17.5. The van der Waals surface area contributed by atoms with Crippen molar-refractivity contribution in [3.8, 4) is 0 Å². The minimum atomic E-state index is 0.716. The molecule has 1 fully saturated rings. The third-order valence-corrected chi connectivity index (χ3v) is 6.37. The van der Waals surface area contributed by atoms with Crippen LogP contribution in [0.5, 0.6) is 0 Å². The Balaban J connectivity index is 0.000000216. The van der Waals surface area contributed by atoms with Crippen molar-refractivity contribution < 1.29 is 0 Å². The van der Waals surface area contributed by atoms with Crippen molar-refractivity contribution in [1.29, 1.82) is 0 Å². The fourth-order valence-corrected chi connectivity index (χ4v) is 4.39. The summed E-state index contributed by atoms with van der Waals surface area (Å²) in [6.45, 7) is 6.59. The predicted octanol–water partition coefficient (Wildman–Crippen LogP) is 6.74. The maximum atomic E-state index is 4.44. The lowest BCUT2D eigenvalue weighted by atomic mass is 9.77. The standard InChI is InChI=1S/C17H28N2.C8H8/c1-3-5-6-7-14-8-10-15(11-9-14)16-12-18-17(4-2)19-13-16;1-2-6-5-7-3-4-8(6)7/h12-15H,3-11H2,1-2H3;3-5H,2H2,1H3. The Morgan fingerprint density at radius 3 is 2.07 bits per heavy atom. The molecule has 2 heteroatoms. The van der Waals surface area contributed by atoms with Crippen LogP contribution in [-0.4, -0.2) is 9.97 Å². The van der Waals surface area contributed by atoms with Gasteiger partial charge in [0.2, 0.25) is 0 Å². The van der Waals surface area contributed by atoms with Gasteiger partial charge in [-0.1, -0.05) is 64.7 Å². The lowest BCUT2D eigenvalue weighted by molar-refractivity contribution is 0.302. The van der Waals surface area contributed by atoms with Crippen LogP contribution in [0.1, 0.15) is 95.0 Å². The summed E-state index contributed by atoms with van der Waals surface area (Å²) < 4.78 is 0. The van der Waals surface area contributed by atoms with Gasteiger partial charge in [0.05, 0.1) is 0 Å². The SMILES string of the molecule is CCCCCC1CCC(c2cnc(CC)nc2)CC1.CCc1cc2ccc1=2. The summed E-state index contributed by atoms with van der Waals surface area (Å²) in [5, 5.41) is 2.97. The summed E-state index contributed by atoms with van der Waals surface area (Å²) in [6, 6.07) is 6.61. The van der Waals surface area contributed by atoms with Crippen molar-refractivity contribution in [2.24, 2.45) is 5.92 Å². The normalized spacial score (nSPS) is 20.0. The average molecular weight is 365 g/mol. The molecular weight excluding hydrogens is 328 g/mol. The highest BCUT2D eigenvalue weighted by Gasteiger charge is 2.22. The fraction of sp³-hybridized carbons (Fsp3) is 0.600. The van der Waals surface area contributed by atoms with Crippen LogP contribution in [0.3, 0.4) is 0 Å². The van der Waals surface area contributed by atoms with E-state index in [1.165, 1.54) is 79.4 Å². The van der Waals surface area contributed by atoms with Crippen LogP contribution in [0.25, 0.3) is 0 Å². The molecule has 0 aliphatic heterocycles. The van der Waals surface area contributed by atoms with Crippen LogP contribution in [0.4, 0.5) is 0 Å². The van der Waals surface area contributed by atoms with Gasteiger partial charge in [0.15, 0.2) is 0 Å². The molecular formula is C25H36N2. The zero-order chi connectivity index (χ0) is 19.1. The molecule has 27 heavy (non-hydrogen) atoms. The highest BCUT2D eigenvalue weighted by molar-refractivity contribution is 5.33. The smallest absolute Gasteiger partial charge is 0.127 e. The van der Waals surface area contributed by atoms with E-state index in [9.17, 15) is 0 Å². The van der Waals surface area contributed by atoms with Gasteiger partial charge in [-0.25, -0.2) is 9.97 Å². The van der Waals surface area contributed by atoms with Crippen molar-refractivity contribution in [1.82, 2.24) is 9.97 Å². The first-order valence-corrected chi connectivity index (χ1v) is 11.2. The number of nitrogens with zero attached hydrogens (tertiary/aromatic N) is 2. The summed E-state index contributed by atoms with van der Waals surface area (Å²) in [4.78, 5) is 8.88. The number of unbranched alkanes of at least 4 members (excludes halogenated alkanes) is 2. The van der Waals surface area contributed by atoms with Crippen molar-refractivity contribution >= 4 is 0 Å². The summed E-state index contributed by atoms with van der Waals surface area (Å²) >= 11 is 0. The summed E-state index contributed by atoms with van der Waals surface area (Å²) in [5.41, 5.74) is 2.90. The van der Waals surface area contributed by atoms with Crippen LogP contribution < -0.4 is 0 Å². The maximum absolute atomic E-state index is 4.44. The third kappa shape index (κ3) is 5.18. The van der Waals surface area contributed by atoms with E-state index in [1.54, 1.807) is 0 Å². The van der Waals surface area contributed by atoms with Gasteiger partial charge in [-0.05, 0) is 65.5 Å². The van der Waals surface area contributed by atoms with Gasteiger partial charge in [-0.3, -0.25) is 0 Å². The number of hydrogen-bond donors (Lipinski definition) is 0. The van der Waals surface area contributed by atoms with Crippen molar-refractivity contribution in [3.05, 3.63) is 58.0 Å². The molecule has 1 heterocycles. The molecule has 146 valence electrons. The van der Waals surface area contributed by atoms with E-state index in [-0.39, 0.29) is 0 Å². The number of hydrogen-bond acceptors (Lipinski definition) is 2. The molecule has 0 atom stereocenters. The molecule has 0 unspecified atom stereocenters. The average Bonchev–Trinajstić information content (AvgIpc) is 2.71. The number of aromatic nitrogens is 2. The van der Waals surface area contributed by atoms with Crippen LogP contribution >= 0.6 is 0 Å². The minimum absolute atomic E-state index is 0.716. The fourth-order valence-electron chi connectivity index (χ4n) is 4.39. The van der Waals surface area contributed by atoms with Gasteiger partial charge in [0, 0.05) is 18.8 Å². The maximum Gasteiger partial charge on any atom is 0.127 e. The first-order chi connectivity index (χ1) is 13.2. The first-order valence-electron chi connectivity index (χ1n) is 11.2. The third-order valence-electron chi connectivity index (χ3n) is 6.37. The van der Waals surface area contributed by atoms with E-state index in [2.05, 4.69) is 61.3 Å². The van der Waals surface area contributed by atoms with Gasteiger partial charge < -0.3 is 0 Å². The van der Waals surface area contributed by atoms with E-state index < -0.39 is 0 Å². The predicted molar refractivity (Wildman–Crippen MR) is 114 cm³/mol. The molecule has 1 aromatic heterocycles. The van der Waals surface area contributed by atoms with Crippen LogP contribution in [0.2, 0.25) is 0 Å².